The number of benzene rings is 2. The second-order valence-electron chi connectivity index (χ2n) is 8.80. The average molecular weight is 511 g/mol. The summed E-state index contributed by atoms with van der Waals surface area (Å²) in [5, 5.41) is 3.74. The number of fused-ring (bicyclic) bond motifs is 1. The Morgan fingerprint density at radius 1 is 1.15 bits per heavy atom. The van der Waals surface area contributed by atoms with Crippen molar-refractivity contribution in [3.05, 3.63) is 57.6 Å². The number of carbonyl (C=O) groups excluding carboxylic acids is 2. The maximum Gasteiger partial charge on any atom is 0.407 e. The number of alkyl carbamates (subject to hydrolysis) is 1. The number of nitrogens with zero attached hydrogens (tertiary/aromatic N) is 1. The average Bonchev–Trinajstić information content (AvgIpc) is 3.05. The Hall–Kier alpha value is -2.33. The largest absolute Gasteiger partial charge is 0.445 e. The molecule has 1 saturated heterocycles. The molecule has 1 spiro atoms. The van der Waals surface area contributed by atoms with Gasteiger partial charge < -0.3 is 14.8 Å². The van der Waals surface area contributed by atoms with E-state index in [9.17, 15) is 18.0 Å². The first-order chi connectivity index (χ1) is 15.6. The van der Waals surface area contributed by atoms with Crippen LogP contribution in [0.2, 0.25) is 10.0 Å². The van der Waals surface area contributed by atoms with Crippen LogP contribution in [0, 0.1) is 5.41 Å². The Morgan fingerprint density at radius 3 is 2.55 bits per heavy atom. The Kier molecular flexibility index (Phi) is 5.55. The van der Waals surface area contributed by atoms with Crippen LogP contribution in [0.5, 0.6) is 5.75 Å². The van der Waals surface area contributed by atoms with Gasteiger partial charge in [0.25, 0.3) is 0 Å². The molecule has 2 fully saturated rings. The van der Waals surface area contributed by atoms with Crippen molar-refractivity contribution in [2.75, 3.05) is 13.1 Å². The number of hydrogen-bond donors (Lipinski definition) is 1. The minimum Gasteiger partial charge on any atom is -0.445 e. The van der Waals surface area contributed by atoms with Crippen LogP contribution >= 0.6 is 23.2 Å². The van der Waals surface area contributed by atoms with Crippen molar-refractivity contribution in [1.82, 2.24) is 9.62 Å². The van der Waals surface area contributed by atoms with Crippen LogP contribution in [0.1, 0.15) is 24.0 Å². The lowest BCUT2D eigenvalue weighted by Gasteiger charge is -2.58. The standard InChI is InChI=1S/C22H20Cl2N2O6S/c23-15-3-13(4-16(24)6-15)10-31-21(28)25-17-8-22(9-17)11-26(12-22)33(29,30)18-2-1-14-5-20(27)32-19(14)7-18/h1-4,6-7,17H,5,8-12H2,(H,25,28). The maximum atomic E-state index is 12.9. The molecule has 0 radical (unpaired) electrons. The minimum absolute atomic E-state index is 0.0477. The summed E-state index contributed by atoms with van der Waals surface area (Å²) in [7, 11) is -3.67. The normalized spacial score (nSPS) is 19.4. The van der Waals surface area contributed by atoms with Gasteiger partial charge in [0.05, 0.1) is 11.3 Å². The quantitative estimate of drug-likeness (QED) is 0.487. The van der Waals surface area contributed by atoms with Crippen molar-refractivity contribution in [3.8, 4) is 5.75 Å². The Balaban J connectivity index is 1.10. The molecule has 11 heteroatoms. The van der Waals surface area contributed by atoms with Crippen LogP contribution < -0.4 is 10.1 Å². The van der Waals surface area contributed by atoms with Gasteiger partial charge in [-0.05, 0) is 42.7 Å². The van der Waals surface area contributed by atoms with Crippen molar-refractivity contribution in [3.63, 3.8) is 0 Å². The highest BCUT2D eigenvalue weighted by molar-refractivity contribution is 7.89. The molecule has 2 aliphatic heterocycles. The first kappa shape index (κ1) is 22.5. The molecule has 33 heavy (non-hydrogen) atoms. The second-order valence-corrected chi connectivity index (χ2v) is 11.6. The smallest absolute Gasteiger partial charge is 0.407 e. The van der Waals surface area contributed by atoms with E-state index in [0.29, 0.717) is 52.9 Å². The molecule has 1 aliphatic carbocycles. The van der Waals surface area contributed by atoms with Crippen LogP contribution in [0.25, 0.3) is 0 Å². The third-order valence-corrected chi connectivity index (χ3v) is 8.46. The van der Waals surface area contributed by atoms with Gasteiger partial charge in [0, 0.05) is 46.2 Å². The van der Waals surface area contributed by atoms with Crippen molar-refractivity contribution >= 4 is 45.3 Å². The summed E-state index contributed by atoms with van der Waals surface area (Å²) in [4.78, 5) is 23.6. The SMILES string of the molecule is O=C1Cc2ccc(S(=O)(=O)N3CC4(CC(NC(=O)OCc5cc(Cl)cc(Cl)c5)C4)C3)cc2O1. The van der Waals surface area contributed by atoms with E-state index in [0.717, 1.165) is 0 Å². The van der Waals surface area contributed by atoms with Gasteiger partial charge in [0.2, 0.25) is 10.0 Å². The second kappa shape index (κ2) is 8.16. The predicted molar refractivity (Wildman–Crippen MR) is 120 cm³/mol. The highest BCUT2D eigenvalue weighted by Gasteiger charge is 2.56. The van der Waals surface area contributed by atoms with E-state index in [1.807, 2.05) is 0 Å². The summed E-state index contributed by atoms with van der Waals surface area (Å²) in [6.07, 6.45) is 0.978. The van der Waals surface area contributed by atoms with E-state index in [1.54, 1.807) is 24.3 Å². The zero-order chi connectivity index (χ0) is 23.4. The van der Waals surface area contributed by atoms with Crippen LogP contribution in [0.15, 0.2) is 41.3 Å². The zero-order valence-electron chi connectivity index (χ0n) is 17.3. The number of rotatable bonds is 5. The van der Waals surface area contributed by atoms with Crippen molar-refractivity contribution in [1.29, 1.82) is 0 Å². The summed E-state index contributed by atoms with van der Waals surface area (Å²) < 4.78 is 37.6. The molecule has 0 atom stereocenters. The first-order valence-electron chi connectivity index (χ1n) is 10.3. The van der Waals surface area contributed by atoms with E-state index < -0.39 is 16.1 Å². The van der Waals surface area contributed by atoms with Crippen molar-refractivity contribution < 1.29 is 27.5 Å². The molecular formula is C22H20Cl2N2O6S. The van der Waals surface area contributed by atoms with Gasteiger partial charge in [-0.1, -0.05) is 29.3 Å². The number of esters is 1. The number of ether oxygens (including phenoxy) is 2. The number of sulfonamides is 1. The maximum absolute atomic E-state index is 12.9. The molecule has 174 valence electrons. The monoisotopic (exact) mass is 510 g/mol. The summed E-state index contributed by atoms with van der Waals surface area (Å²) in [6.45, 7) is 0.826. The zero-order valence-corrected chi connectivity index (χ0v) is 19.7. The van der Waals surface area contributed by atoms with Gasteiger partial charge >= 0.3 is 12.1 Å². The summed E-state index contributed by atoms with van der Waals surface area (Å²) in [5.41, 5.74) is 1.25. The minimum atomic E-state index is -3.67. The fourth-order valence-electron chi connectivity index (χ4n) is 4.67. The molecule has 2 aromatic carbocycles. The van der Waals surface area contributed by atoms with E-state index in [-0.39, 0.29) is 35.3 Å². The number of amides is 1. The Labute approximate surface area is 200 Å². The lowest BCUT2D eigenvalue weighted by atomic mass is 9.61. The van der Waals surface area contributed by atoms with Gasteiger partial charge in [-0.15, -0.1) is 0 Å². The predicted octanol–water partition coefficient (Wildman–Crippen LogP) is 3.53. The van der Waals surface area contributed by atoms with E-state index in [2.05, 4.69) is 5.32 Å². The lowest BCUT2D eigenvalue weighted by Crippen LogP contribution is -2.67. The number of halogens is 2. The lowest BCUT2D eigenvalue weighted by molar-refractivity contribution is -0.131. The highest BCUT2D eigenvalue weighted by Crippen LogP contribution is 2.50. The summed E-state index contributed by atoms with van der Waals surface area (Å²) >= 11 is 11.9. The van der Waals surface area contributed by atoms with Gasteiger partial charge in [-0.3, -0.25) is 4.79 Å². The van der Waals surface area contributed by atoms with Gasteiger partial charge in [-0.2, -0.15) is 4.31 Å². The summed E-state index contributed by atoms with van der Waals surface area (Å²) in [6, 6.07) is 9.42. The first-order valence-corrected chi connectivity index (χ1v) is 12.5. The Morgan fingerprint density at radius 2 is 1.85 bits per heavy atom. The van der Waals surface area contributed by atoms with Crippen LogP contribution in [0.3, 0.4) is 0 Å². The highest BCUT2D eigenvalue weighted by atomic mass is 35.5. The van der Waals surface area contributed by atoms with E-state index in [1.165, 1.54) is 16.4 Å². The van der Waals surface area contributed by atoms with E-state index in [4.69, 9.17) is 32.7 Å². The molecule has 2 heterocycles. The molecule has 0 bridgehead atoms. The van der Waals surface area contributed by atoms with Gasteiger partial charge in [0.1, 0.15) is 12.4 Å². The third kappa shape index (κ3) is 4.42. The Bertz CT molecular complexity index is 1230. The van der Waals surface area contributed by atoms with Crippen molar-refractivity contribution in [2.45, 2.75) is 36.8 Å². The molecular weight excluding hydrogens is 491 g/mol. The summed E-state index contributed by atoms with van der Waals surface area (Å²) in [5.74, 6) is -0.0758. The van der Waals surface area contributed by atoms with Gasteiger partial charge in [-0.25, -0.2) is 13.2 Å². The molecule has 2 aromatic rings. The molecule has 1 amide bonds. The van der Waals surface area contributed by atoms with Crippen LogP contribution in [-0.2, 0) is 32.6 Å². The molecule has 5 rings (SSSR count). The molecule has 0 unspecified atom stereocenters. The molecule has 8 nitrogen and oxygen atoms in total. The van der Waals surface area contributed by atoms with E-state index >= 15 is 0 Å². The third-order valence-electron chi connectivity index (χ3n) is 6.23. The fraction of sp³-hybridized carbons (Fsp3) is 0.364. The van der Waals surface area contributed by atoms with Crippen LogP contribution in [0.4, 0.5) is 4.79 Å². The van der Waals surface area contributed by atoms with Gasteiger partial charge in [0.15, 0.2) is 0 Å². The fourth-order valence-corrected chi connectivity index (χ4v) is 6.92. The number of hydrogen-bond acceptors (Lipinski definition) is 6. The molecule has 1 saturated carbocycles. The molecule has 0 aromatic heterocycles. The number of carbonyl (C=O) groups is 2. The number of nitrogens with one attached hydrogen (secondary N) is 1. The van der Waals surface area contributed by atoms with Crippen LogP contribution in [-0.4, -0.2) is 43.9 Å². The molecule has 3 aliphatic rings. The topological polar surface area (TPSA) is 102 Å². The van der Waals surface area contributed by atoms with Crippen molar-refractivity contribution in [2.24, 2.45) is 5.41 Å². The molecule has 1 N–H and O–H groups in total.